The van der Waals surface area contributed by atoms with Crippen LogP contribution in [0.25, 0.3) is 11.0 Å². The van der Waals surface area contributed by atoms with E-state index in [-0.39, 0.29) is 17.4 Å². The molecule has 24 heavy (non-hydrogen) atoms. The number of carbonyl (C=O) groups excluding carboxylic acids is 1. The molecular formula is C19H26N4O. The predicted molar refractivity (Wildman–Crippen MR) is 93.7 cm³/mol. The van der Waals surface area contributed by atoms with E-state index in [1.165, 1.54) is 12.8 Å². The molecule has 0 radical (unpaired) electrons. The third-order valence-corrected chi connectivity index (χ3v) is 7.17. The summed E-state index contributed by atoms with van der Waals surface area (Å²) in [5.74, 6) is 0.734. The molecule has 2 aliphatic rings. The van der Waals surface area contributed by atoms with Gasteiger partial charge in [0, 0.05) is 18.2 Å². The summed E-state index contributed by atoms with van der Waals surface area (Å²) in [6, 6.07) is 5.94. The topological polar surface area (TPSA) is 59.8 Å². The molecule has 2 fully saturated rings. The van der Waals surface area contributed by atoms with Crippen LogP contribution in [0.3, 0.4) is 0 Å². The molecule has 2 aromatic rings. The quantitative estimate of drug-likeness (QED) is 0.940. The Labute approximate surface area is 142 Å². The summed E-state index contributed by atoms with van der Waals surface area (Å²) in [4.78, 5) is 12.8. The van der Waals surface area contributed by atoms with E-state index in [1.54, 1.807) is 0 Å². The van der Waals surface area contributed by atoms with E-state index in [0.29, 0.717) is 11.0 Å². The zero-order valence-corrected chi connectivity index (χ0v) is 15.0. The Morgan fingerprint density at radius 1 is 1.38 bits per heavy atom. The lowest BCUT2D eigenvalue weighted by atomic mass is 9.69. The normalized spacial score (nSPS) is 30.8. The Hall–Kier alpha value is -1.91. The molecule has 4 rings (SSSR count). The summed E-state index contributed by atoms with van der Waals surface area (Å²) in [7, 11) is 0. The number of amides is 1. The third-order valence-electron chi connectivity index (χ3n) is 7.17. The number of carbonyl (C=O) groups is 1. The summed E-state index contributed by atoms with van der Waals surface area (Å²) < 4.78 is 1.84. The molecule has 1 aromatic carbocycles. The second-order valence-electron chi connectivity index (χ2n) is 8.25. The van der Waals surface area contributed by atoms with Crippen molar-refractivity contribution in [2.24, 2.45) is 16.7 Å². The van der Waals surface area contributed by atoms with Gasteiger partial charge < -0.3 is 5.32 Å². The minimum atomic E-state index is 0.0116. The van der Waals surface area contributed by atoms with Gasteiger partial charge in [0.05, 0.1) is 5.52 Å². The molecule has 2 bridgehead atoms. The van der Waals surface area contributed by atoms with Crippen molar-refractivity contribution in [2.75, 3.05) is 0 Å². The fourth-order valence-electron chi connectivity index (χ4n) is 5.01. The molecule has 0 saturated heterocycles. The van der Waals surface area contributed by atoms with Crippen LogP contribution in [0.15, 0.2) is 18.2 Å². The van der Waals surface area contributed by atoms with Crippen molar-refractivity contribution in [1.82, 2.24) is 20.3 Å². The summed E-state index contributed by atoms with van der Waals surface area (Å²) in [6.07, 6.45) is 3.60. The minimum absolute atomic E-state index is 0.0116. The average Bonchev–Trinajstić information content (AvgIpc) is 3.13. The van der Waals surface area contributed by atoms with E-state index in [9.17, 15) is 4.79 Å². The van der Waals surface area contributed by atoms with Crippen LogP contribution in [0.4, 0.5) is 0 Å². The van der Waals surface area contributed by atoms with Crippen LogP contribution in [0.1, 0.15) is 57.3 Å². The first-order chi connectivity index (χ1) is 11.4. The number of nitrogens with zero attached hydrogens (tertiary/aromatic N) is 3. The van der Waals surface area contributed by atoms with Crippen molar-refractivity contribution in [3.05, 3.63) is 23.8 Å². The lowest BCUT2D eigenvalue weighted by Crippen LogP contribution is -2.46. The highest BCUT2D eigenvalue weighted by molar-refractivity contribution is 5.97. The Balaban J connectivity index is 1.57. The number of aromatic nitrogens is 3. The van der Waals surface area contributed by atoms with Gasteiger partial charge in [-0.2, -0.15) is 0 Å². The number of nitrogens with one attached hydrogen (secondary N) is 1. The van der Waals surface area contributed by atoms with Gasteiger partial charge in [-0.1, -0.05) is 26.0 Å². The second kappa shape index (κ2) is 5.04. The molecule has 1 amide bonds. The molecule has 3 atom stereocenters. The molecule has 2 aliphatic carbocycles. The molecular weight excluding hydrogens is 300 g/mol. The van der Waals surface area contributed by atoms with Crippen molar-refractivity contribution in [3.63, 3.8) is 0 Å². The van der Waals surface area contributed by atoms with Gasteiger partial charge in [-0.15, -0.1) is 5.10 Å². The van der Waals surface area contributed by atoms with Crippen molar-refractivity contribution in [1.29, 1.82) is 0 Å². The zero-order chi connectivity index (χ0) is 17.1. The maximum absolute atomic E-state index is 12.8. The predicted octanol–water partition coefficient (Wildman–Crippen LogP) is 3.40. The van der Waals surface area contributed by atoms with E-state index < -0.39 is 0 Å². The highest BCUT2D eigenvalue weighted by Crippen LogP contribution is 2.65. The van der Waals surface area contributed by atoms with E-state index in [2.05, 4.69) is 36.4 Å². The summed E-state index contributed by atoms with van der Waals surface area (Å²) in [5, 5.41) is 11.6. The maximum atomic E-state index is 12.8. The Morgan fingerprint density at radius 3 is 2.79 bits per heavy atom. The van der Waals surface area contributed by atoms with Crippen LogP contribution in [-0.2, 0) is 6.54 Å². The molecule has 2 saturated carbocycles. The average molecular weight is 326 g/mol. The lowest BCUT2D eigenvalue weighted by Gasteiger charge is -2.39. The molecule has 1 aromatic heterocycles. The molecule has 128 valence electrons. The van der Waals surface area contributed by atoms with Crippen molar-refractivity contribution >= 4 is 16.9 Å². The molecule has 0 unspecified atom stereocenters. The molecule has 1 N–H and O–H groups in total. The van der Waals surface area contributed by atoms with E-state index in [1.807, 2.05) is 29.8 Å². The second-order valence-corrected chi connectivity index (χ2v) is 8.25. The Morgan fingerprint density at radius 2 is 2.17 bits per heavy atom. The fraction of sp³-hybridized carbons (Fsp3) is 0.632. The number of aryl methyl sites for hydroxylation is 1. The van der Waals surface area contributed by atoms with Crippen LogP contribution in [0, 0.1) is 16.7 Å². The van der Waals surface area contributed by atoms with E-state index in [0.717, 1.165) is 29.9 Å². The van der Waals surface area contributed by atoms with Crippen molar-refractivity contribution < 1.29 is 4.79 Å². The van der Waals surface area contributed by atoms with Gasteiger partial charge in [-0.05, 0) is 61.1 Å². The summed E-state index contributed by atoms with van der Waals surface area (Å²) >= 11 is 0. The van der Waals surface area contributed by atoms with Gasteiger partial charge in [0.15, 0.2) is 0 Å². The maximum Gasteiger partial charge on any atom is 0.251 e. The summed E-state index contributed by atoms with van der Waals surface area (Å²) in [5.41, 5.74) is 2.93. The monoisotopic (exact) mass is 326 g/mol. The van der Waals surface area contributed by atoms with Gasteiger partial charge in [-0.25, -0.2) is 4.68 Å². The molecule has 1 heterocycles. The van der Waals surface area contributed by atoms with Gasteiger partial charge >= 0.3 is 0 Å². The van der Waals surface area contributed by atoms with Crippen molar-refractivity contribution in [3.8, 4) is 0 Å². The third kappa shape index (κ3) is 1.96. The minimum Gasteiger partial charge on any atom is -0.349 e. The van der Waals surface area contributed by atoms with Gasteiger partial charge in [0.1, 0.15) is 5.52 Å². The van der Waals surface area contributed by atoms with Gasteiger partial charge in [0.2, 0.25) is 0 Å². The van der Waals surface area contributed by atoms with Crippen LogP contribution < -0.4 is 5.32 Å². The van der Waals surface area contributed by atoms with E-state index in [4.69, 9.17) is 0 Å². The van der Waals surface area contributed by atoms with Crippen LogP contribution >= 0.6 is 0 Å². The SMILES string of the molecule is CCn1nnc2cc(C(=O)N[C@H]3C[C@H]4CC[C@@]3(C)C4(C)C)ccc21. The highest BCUT2D eigenvalue weighted by Gasteiger charge is 2.61. The number of benzene rings is 1. The number of hydrogen-bond donors (Lipinski definition) is 1. The largest absolute Gasteiger partial charge is 0.349 e. The molecule has 0 aliphatic heterocycles. The number of hydrogen-bond acceptors (Lipinski definition) is 3. The zero-order valence-electron chi connectivity index (χ0n) is 15.0. The summed E-state index contributed by atoms with van der Waals surface area (Å²) in [6.45, 7) is 9.89. The van der Waals surface area contributed by atoms with Crippen LogP contribution in [0.5, 0.6) is 0 Å². The standard InChI is InChI=1S/C19H26N4O/c1-5-23-15-7-6-12(10-14(15)21-22-23)17(24)20-16-11-13-8-9-19(16,4)18(13,2)3/h6-7,10,13,16H,5,8-9,11H2,1-4H3,(H,20,24)/t13-,16+,19-/m1/s1. The fourth-order valence-corrected chi connectivity index (χ4v) is 5.01. The molecule has 5 heteroatoms. The molecule has 5 nitrogen and oxygen atoms in total. The van der Waals surface area contributed by atoms with Crippen molar-refractivity contribution in [2.45, 2.75) is 59.5 Å². The first-order valence-corrected chi connectivity index (χ1v) is 9.01. The highest BCUT2D eigenvalue weighted by atomic mass is 16.1. The Bertz CT molecular complexity index is 809. The molecule has 0 spiro atoms. The first-order valence-electron chi connectivity index (χ1n) is 9.01. The lowest BCUT2D eigenvalue weighted by molar-refractivity contribution is 0.0826. The number of fused-ring (bicyclic) bond motifs is 3. The van der Waals surface area contributed by atoms with Gasteiger partial charge in [0.25, 0.3) is 5.91 Å². The number of rotatable bonds is 3. The van der Waals surface area contributed by atoms with Crippen LogP contribution in [-0.4, -0.2) is 26.9 Å². The van der Waals surface area contributed by atoms with Crippen LogP contribution in [0.2, 0.25) is 0 Å². The van der Waals surface area contributed by atoms with Gasteiger partial charge in [-0.3, -0.25) is 4.79 Å². The Kier molecular flexibility index (Phi) is 3.28. The van der Waals surface area contributed by atoms with E-state index >= 15 is 0 Å². The smallest absolute Gasteiger partial charge is 0.251 e. The first kappa shape index (κ1) is 15.6.